The summed E-state index contributed by atoms with van der Waals surface area (Å²) in [6.45, 7) is 7.50. The van der Waals surface area contributed by atoms with Crippen LogP contribution >= 0.6 is 11.3 Å². The highest BCUT2D eigenvalue weighted by Gasteiger charge is 2.30. The number of amides is 1. The second-order valence-corrected chi connectivity index (χ2v) is 8.26. The van der Waals surface area contributed by atoms with Gasteiger partial charge in [0.05, 0.1) is 16.7 Å². The Morgan fingerprint density at radius 3 is 2.81 bits per heavy atom. The smallest absolute Gasteiger partial charge is 0.276 e. The number of piperidine rings is 2. The molecule has 0 spiro atoms. The van der Waals surface area contributed by atoms with Crippen molar-refractivity contribution in [1.82, 2.24) is 30.2 Å². The van der Waals surface area contributed by atoms with Crippen molar-refractivity contribution < 1.29 is 4.79 Å². The Morgan fingerprint density at radius 1 is 1.27 bits per heavy atom. The molecular formula is C18H26N6OS. The minimum absolute atomic E-state index is 0.0145. The van der Waals surface area contributed by atoms with E-state index in [-0.39, 0.29) is 5.91 Å². The summed E-state index contributed by atoms with van der Waals surface area (Å²) in [5.74, 6) is 0.354. The average molecular weight is 375 g/mol. The molecule has 1 amide bonds. The van der Waals surface area contributed by atoms with Crippen LogP contribution in [0.4, 0.5) is 0 Å². The number of rotatable bonds is 3. The van der Waals surface area contributed by atoms with Crippen molar-refractivity contribution in [3.05, 3.63) is 27.5 Å². The molecule has 1 atom stereocenters. The van der Waals surface area contributed by atoms with E-state index >= 15 is 0 Å². The van der Waals surface area contributed by atoms with Gasteiger partial charge in [0.15, 0.2) is 5.69 Å². The highest BCUT2D eigenvalue weighted by molar-refractivity contribution is 7.09. The third-order valence-electron chi connectivity index (χ3n) is 5.48. The number of hydrogen-bond acceptors (Lipinski definition) is 6. The first-order valence-electron chi connectivity index (χ1n) is 9.47. The zero-order valence-corrected chi connectivity index (χ0v) is 16.3. The first kappa shape index (κ1) is 17.6. The van der Waals surface area contributed by atoms with Gasteiger partial charge in [-0.1, -0.05) is 5.21 Å². The van der Waals surface area contributed by atoms with E-state index < -0.39 is 0 Å². The SMILES string of the molecule is Cc1csc([C@H]2CCCN(C(=O)c3nnn(C4CCNCC4)c3C)C2)n1. The summed E-state index contributed by atoms with van der Waals surface area (Å²) in [5.41, 5.74) is 2.47. The minimum Gasteiger partial charge on any atom is -0.336 e. The normalized spacial score (nSPS) is 21.9. The summed E-state index contributed by atoms with van der Waals surface area (Å²) in [4.78, 5) is 19.6. The fourth-order valence-corrected chi connectivity index (χ4v) is 4.93. The first-order valence-corrected chi connectivity index (χ1v) is 10.3. The predicted molar refractivity (Wildman–Crippen MR) is 101 cm³/mol. The summed E-state index contributed by atoms with van der Waals surface area (Å²) in [6, 6.07) is 0.345. The third kappa shape index (κ3) is 3.40. The number of aryl methyl sites for hydroxylation is 1. The zero-order chi connectivity index (χ0) is 18.1. The van der Waals surface area contributed by atoms with E-state index in [2.05, 4.69) is 26.0 Å². The Hall–Kier alpha value is -1.80. The highest BCUT2D eigenvalue weighted by Crippen LogP contribution is 2.30. The van der Waals surface area contributed by atoms with Crippen LogP contribution in [0.3, 0.4) is 0 Å². The molecule has 7 nitrogen and oxygen atoms in total. The van der Waals surface area contributed by atoms with Gasteiger partial charge in [0.2, 0.25) is 0 Å². The maximum absolute atomic E-state index is 13.1. The van der Waals surface area contributed by atoms with Crippen molar-refractivity contribution in [1.29, 1.82) is 0 Å². The number of likely N-dealkylation sites (tertiary alicyclic amines) is 1. The predicted octanol–water partition coefficient (Wildman–Crippen LogP) is 2.30. The summed E-state index contributed by atoms with van der Waals surface area (Å²) >= 11 is 1.70. The molecule has 2 aliphatic rings. The first-order chi connectivity index (χ1) is 12.6. The van der Waals surface area contributed by atoms with Crippen LogP contribution in [0.1, 0.15) is 64.5 Å². The van der Waals surface area contributed by atoms with Crippen LogP contribution in [0.25, 0.3) is 0 Å². The van der Waals surface area contributed by atoms with Gasteiger partial charge in [-0.2, -0.15) is 0 Å². The number of nitrogens with one attached hydrogen (secondary N) is 1. The molecule has 0 bridgehead atoms. The van der Waals surface area contributed by atoms with Crippen molar-refractivity contribution in [2.45, 2.75) is 51.5 Å². The fraction of sp³-hybridized carbons (Fsp3) is 0.667. The van der Waals surface area contributed by atoms with Crippen molar-refractivity contribution in [3.8, 4) is 0 Å². The Balaban J connectivity index is 1.49. The quantitative estimate of drug-likeness (QED) is 0.892. The molecule has 0 aliphatic carbocycles. The minimum atomic E-state index is 0.0145. The summed E-state index contributed by atoms with van der Waals surface area (Å²) in [6.07, 6.45) is 4.17. The van der Waals surface area contributed by atoms with E-state index in [0.29, 0.717) is 17.7 Å². The van der Waals surface area contributed by atoms with Gasteiger partial charge < -0.3 is 10.2 Å². The molecule has 0 aromatic carbocycles. The molecule has 140 valence electrons. The lowest BCUT2D eigenvalue weighted by atomic mass is 9.98. The second-order valence-electron chi connectivity index (χ2n) is 7.37. The lowest BCUT2D eigenvalue weighted by Crippen LogP contribution is -2.39. The van der Waals surface area contributed by atoms with Crippen LogP contribution in [0.15, 0.2) is 5.38 Å². The van der Waals surface area contributed by atoms with E-state index in [4.69, 9.17) is 0 Å². The number of thiazole rings is 1. The Bertz CT molecular complexity index is 778. The van der Waals surface area contributed by atoms with Crippen molar-refractivity contribution >= 4 is 17.2 Å². The van der Waals surface area contributed by atoms with Gasteiger partial charge in [-0.05, 0) is 52.6 Å². The molecule has 4 heterocycles. The number of aromatic nitrogens is 4. The number of nitrogens with zero attached hydrogens (tertiary/aromatic N) is 5. The molecule has 2 aliphatic heterocycles. The third-order valence-corrected chi connectivity index (χ3v) is 6.60. The molecule has 2 saturated heterocycles. The molecule has 8 heteroatoms. The Kier molecular flexibility index (Phi) is 5.04. The van der Waals surface area contributed by atoms with E-state index in [9.17, 15) is 4.79 Å². The topological polar surface area (TPSA) is 75.9 Å². The van der Waals surface area contributed by atoms with Gasteiger partial charge in [-0.25, -0.2) is 9.67 Å². The molecule has 26 heavy (non-hydrogen) atoms. The monoisotopic (exact) mass is 374 g/mol. The van der Waals surface area contributed by atoms with Gasteiger partial charge in [0.1, 0.15) is 0 Å². The highest BCUT2D eigenvalue weighted by atomic mass is 32.1. The molecule has 0 radical (unpaired) electrons. The fourth-order valence-electron chi connectivity index (χ4n) is 4.01. The second kappa shape index (κ2) is 7.44. The maximum atomic E-state index is 13.1. The summed E-state index contributed by atoms with van der Waals surface area (Å²) in [7, 11) is 0. The van der Waals surface area contributed by atoms with E-state index in [0.717, 1.165) is 68.3 Å². The van der Waals surface area contributed by atoms with E-state index in [1.807, 2.05) is 23.4 Å². The molecule has 1 N–H and O–H groups in total. The molecule has 2 aromatic rings. The van der Waals surface area contributed by atoms with E-state index in [1.165, 1.54) is 0 Å². The lowest BCUT2D eigenvalue weighted by Gasteiger charge is -2.31. The maximum Gasteiger partial charge on any atom is 0.276 e. The summed E-state index contributed by atoms with van der Waals surface area (Å²) in [5, 5.41) is 15.2. The molecule has 0 unspecified atom stereocenters. The van der Waals surface area contributed by atoms with E-state index in [1.54, 1.807) is 11.3 Å². The van der Waals surface area contributed by atoms with Crippen molar-refractivity contribution in [3.63, 3.8) is 0 Å². The van der Waals surface area contributed by atoms with Crippen molar-refractivity contribution in [2.75, 3.05) is 26.2 Å². The van der Waals surface area contributed by atoms with Gasteiger partial charge in [0, 0.05) is 30.1 Å². The van der Waals surface area contributed by atoms with Gasteiger partial charge in [-0.3, -0.25) is 4.79 Å². The zero-order valence-electron chi connectivity index (χ0n) is 15.4. The largest absolute Gasteiger partial charge is 0.336 e. The van der Waals surface area contributed by atoms with Crippen LogP contribution in [0, 0.1) is 13.8 Å². The van der Waals surface area contributed by atoms with Crippen LogP contribution in [0.5, 0.6) is 0 Å². The number of carbonyl (C=O) groups is 1. The van der Waals surface area contributed by atoms with Gasteiger partial charge >= 0.3 is 0 Å². The Labute approximate surface area is 157 Å². The standard InChI is InChI=1S/C18H26N6OS/c1-12-11-26-17(20-12)14-4-3-9-23(10-14)18(25)16-13(2)24(22-21-16)15-5-7-19-8-6-15/h11,14-15,19H,3-10H2,1-2H3/t14-/m0/s1. The molecule has 4 rings (SSSR count). The molecule has 2 fully saturated rings. The van der Waals surface area contributed by atoms with Crippen molar-refractivity contribution in [2.24, 2.45) is 0 Å². The summed E-state index contributed by atoms with van der Waals surface area (Å²) < 4.78 is 1.96. The molecular weight excluding hydrogens is 348 g/mol. The van der Waals surface area contributed by atoms with Crippen LogP contribution in [0.2, 0.25) is 0 Å². The lowest BCUT2D eigenvalue weighted by molar-refractivity contribution is 0.0700. The van der Waals surface area contributed by atoms with Gasteiger partial charge in [0.25, 0.3) is 5.91 Å². The number of carbonyl (C=O) groups excluding carboxylic acids is 1. The molecule has 0 saturated carbocycles. The van der Waals surface area contributed by atoms with Crippen LogP contribution < -0.4 is 5.32 Å². The van der Waals surface area contributed by atoms with Crippen LogP contribution in [-0.2, 0) is 0 Å². The average Bonchev–Trinajstić information content (AvgIpc) is 3.28. The number of hydrogen-bond donors (Lipinski definition) is 1. The Morgan fingerprint density at radius 2 is 2.08 bits per heavy atom. The van der Waals surface area contributed by atoms with Crippen LogP contribution in [-0.4, -0.2) is 57.0 Å². The van der Waals surface area contributed by atoms with Gasteiger partial charge in [-0.15, -0.1) is 16.4 Å². The molecule has 2 aromatic heterocycles.